The molecule has 29 heavy (non-hydrogen) atoms. The Hall–Kier alpha value is -2.89. The normalized spacial score (nSPS) is 16.4. The molecular weight excluding hydrogens is 370 g/mol. The summed E-state index contributed by atoms with van der Waals surface area (Å²) in [7, 11) is 1.49. The predicted octanol–water partition coefficient (Wildman–Crippen LogP) is 4.85. The summed E-state index contributed by atoms with van der Waals surface area (Å²) in [6, 6.07) is 6.83. The SMILES string of the molecule is C=CCO/N=C(/CCC)C1=C(OC(=O)c2ccccc2OC)CC(C)(C)CC1=O. The van der Waals surface area contributed by atoms with E-state index in [0.29, 0.717) is 47.6 Å². The van der Waals surface area contributed by atoms with Crippen LogP contribution in [-0.2, 0) is 14.4 Å². The van der Waals surface area contributed by atoms with Gasteiger partial charge in [0.1, 0.15) is 23.7 Å². The summed E-state index contributed by atoms with van der Waals surface area (Å²) in [4.78, 5) is 31.1. The van der Waals surface area contributed by atoms with E-state index in [4.69, 9.17) is 14.3 Å². The average Bonchev–Trinajstić information content (AvgIpc) is 2.66. The molecule has 2 rings (SSSR count). The molecule has 0 radical (unpaired) electrons. The van der Waals surface area contributed by atoms with Gasteiger partial charge < -0.3 is 14.3 Å². The van der Waals surface area contributed by atoms with Gasteiger partial charge in [0.25, 0.3) is 0 Å². The smallest absolute Gasteiger partial charge is 0.347 e. The molecule has 0 heterocycles. The minimum absolute atomic E-state index is 0.0986. The highest BCUT2D eigenvalue weighted by Gasteiger charge is 2.37. The fraction of sp³-hybridized carbons (Fsp3) is 0.435. The minimum atomic E-state index is -0.566. The number of oxime groups is 1. The van der Waals surface area contributed by atoms with Crippen molar-refractivity contribution in [2.75, 3.05) is 13.7 Å². The lowest BCUT2D eigenvalue weighted by Gasteiger charge is -2.31. The van der Waals surface area contributed by atoms with E-state index in [1.807, 2.05) is 20.8 Å². The first kappa shape index (κ1) is 22.4. The molecule has 0 bridgehead atoms. The third-order valence-electron chi connectivity index (χ3n) is 4.52. The van der Waals surface area contributed by atoms with Crippen LogP contribution in [0.2, 0.25) is 0 Å². The molecule has 0 amide bonds. The zero-order valence-corrected chi connectivity index (χ0v) is 17.6. The van der Waals surface area contributed by atoms with E-state index in [1.165, 1.54) is 7.11 Å². The topological polar surface area (TPSA) is 74.2 Å². The van der Waals surface area contributed by atoms with Crippen molar-refractivity contribution in [3.63, 3.8) is 0 Å². The summed E-state index contributed by atoms with van der Waals surface area (Å²) in [6.07, 6.45) is 3.68. The number of ether oxygens (including phenoxy) is 2. The first-order chi connectivity index (χ1) is 13.8. The number of hydrogen-bond acceptors (Lipinski definition) is 6. The summed E-state index contributed by atoms with van der Waals surface area (Å²) >= 11 is 0. The quantitative estimate of drug-likeness (QED) is 0.195. The van der Waals surface area contributed by atoms with Crippen LogP contribution in [0.15, 0.2) is 53.4 Å². The van der Waals surface area contributed by atoms with Crippen molar-refractivity contribution in [3.05, 3.63) is 53.8 Å². The molecule has 0 saturated carbocycles. The van der Waals surface area contributed by atoms with Crippen LogP contribution in [0.5, 0.6) is 5.75 Å². The van der Waals surface area contributed by atoms with E-state index < -0.39 is 5.97 Å². The molecule has 6 heteroatoms. The van der Waals surface area contributed by atoms with Crippen LogP contribution in [0, 0.1) is 5.41 Å². The van der Waals surface area contributed by atoms with Gasteiger partial charge in [0, 0.05) is 12.8 Å². The number of esters is 1. The number of carbonyl (C=O) groups excluding carboxylic acids is 2. The molecule has 1 aromatic carbocycles. The standard InChI is InChI=1S/C23H29NO5/c1-6-10-17(24-28-13-7-2)21-18(25)14-23(3,4)15-20(21)29-22(26)16-11-8-9-12-19(16)27-5/h7-9,11-12H,2,6,10,13-15H2,1,3-5H3/b24-17-. The number of benzene rings is 1. The summed E-state index contributed by atoms with van der Waals surface area (Å²) < 4.78 is 11.0. The Morgan fingerprint density at radius 2 is 2.00 bits per heavy atom. The van der Waals surface area contributed by atoms with E-state index in [0.717, 1.165) is 6.42 Å². The van der Waals surface area contributed by atoms with Gasteiger partial charge in [-0.05, 0) is 24.0 Å². The zero-order valence-electron chi connectivity index (χ0n) is 17.6. The Bertz CT molecular complexity index is 835. The fourth-order valence-electron chi connectivity index (χ4n) is 3.27. The zero-order chi connectivity index (χ0) is 21.4. The van der Waals surface area contributed by atoms with Gasteiger partial charge in [-0.2, -0.15) is 0 Å². The highest BCUT2D eigenvalue weighted by Crippen LogP contribution is 2.39. The Balaban J connectivity index is 2.48. The number of ketones is 1. The highest BCUT2D eigenvalue weighted by molar-refractivity contribution is 6.23. The van der Waals surface area contributed by atoms with Gasteiger partial charge in [-0.25, -0.2) is 4.79 Å². The molecule has 0 aromatic heterocycles. The van der Waals surface area contributed by atoms with Gasteiger partial charge in [0.2, 0.25) is 0 Å². The maximum absolute atomic E-state index is 13.0. The predicted molar refractivity (Wildman–Crippen MR) is 112 cm³/mol. The number of para-hydroxylation sites is 1. The minimum Gasteiger partial charge on any atom is -0.496 e. The van der Waals surface area contributed by atoms with Crippen molar-refractivity contribution in [2.24, 2.45) is 10.6 Å². The molecule has 0 saturated heterocycles. The fourth-order valence-corrected chi connectivity index (χ4v) is 3.27. The summed E-state index contributed by atoms with van der Waals surface area (Å²) in [5, 5.41) is 4.14. The van der Waals surface area contributed by atoms with E-state index in [1.54, 1.807) is 30.3 Å². The van der Waals surface area contributed by atoms with Crippen LogP contribution >= 0.6 is 0 Å². The molecule has 1 aliphatic rings. The van der Waals surface area contributed by atoms with Crippen LogP contribution in [0.3, 0.4) is 0 Å². The van der Waals surface area contributed by atoms with E-state index in [2.05, 4.69) is 11.7 Å². The number of methoxy groups -OCH3 is 1. The van der Waals surface area contributed by atoms with Crippen LogP contribution in [0.1, 0.15) is 56.8 Å². The van der Waals surface area contributed by atoms with Crippen molar-refractivity contribution >= 4 is 17.5 Å². The van der Waals surface area contributed by atoms with Crippen molar-refractivity contribution < 1.29 is 23.9 Å². The second kappa shape index (κ2) is 10.0. The number of Topliss-reactive ketones (excluding diaryl/α,β-unsaturated/α-hetero) is 1. The molecule has 1 aromatic rings. The molecule has 0 fully saturated rings. The van der Waals surface area contributed by atoms with Crippen molar-refractivity contribution in [3.8, 4) is 5.75 Å². The van der Waals surface area contributed by atoms with Crippen molar-refractivity contribution in [2.45, 2.75) is 46.5 Å². The summed E-state index contributed by atoms with van der Waals surface area (Å²) in [5.74, 6) is 0.0798. The molecule has 0 spiro atoms. The Morgan fingerprint density at radius 3 is 2.66 bits per heavy atom. The van der Waals surface area contributed by atoms with Crippen LogP contribution in [0.4, 0.5) is 0 Å². The van der Waals surface area contributed by atoms with Gasteiger partial charge in [-0.15, -0.1) is 0 Å². The number of carbonyl (C=O) groups is 2. The Labute approximate surface area is 172 Å². The molecule has 1 aliphatic carbocycles. The number of hydrogen-bond donors (Lipinski definition) is 0. The maximum Gasteiger partial charge on any atom is 0.347 e. The number of rotatable bonds is 9. The second-order valence-electron chi connectivity index (χ2n) is 7.70. The van der Waals surface area contributed by atoms with Crippen molar-refractivity contribution in [1.29, 1.82) is 0 Å². The summed E-state index contributed by atoms with van der Waals surface area (Å²) in [6.45, 7) is 9.77. The number of nitrogens with zero attached hydrogens (tertiary/aromatic N) is 1. The van der Waals surface area contributed by atoms with Gasteiger partial charge >= 0.3 is 5.97 Å². The van der Waals surface area contributed by atoms with Gasteiger partial charge in [-0.3, -0.25) is 4.79 Å². The van der Waals surface area contributed by atoms with E-state index in [-0.39, 0.29) is 17.8 Å². The third kappa shape index (κ3) is 5.79. The highest BCUT2D eigenvalue weighted by atomic mass is 16.6. The average molecular weight is 399 g/mol. The molecule has 0 N–H and O–H groups in total. The molecule has 0 aliphatic heterocycles. The first-order valence-electron chi connectivity index (χ1n) is 9.74. The molecule has 0 unspecified atom stereocenters. The van der Waals surface area contributed by atoms with Crippen LogP contribution in [0.25, 0.3) is 0 Å². The lowest BCUT2D eigenvalue weighted by Crippen LogP contribution is -2.31. The van der Waals surface area contributed by atoms with E-state index in [9.17, 15) is 9.59 Å². The van der Waals surface area contributed by atoms with Gasteiger partial charge in [-0.1, -0.05) is 57.1 Å². The largest absolute Gasteiger partial charge is 0.496 e. The maximum atomic E-state index is 13.0. The Kier molecular flexibility index (Phi) is 7.76. The lowest BCUT2D eigenvalue weighted by atomic mass is 9.75. The molecule has 0 atom stereocenters. The van der Waals surface area contributed by atoms with Crippen LogP contribution < -0.4 is 4.74 Å². The van der Waals surface area contributed by atoms with E-state index >= 15 is 0 Å². The molecular formula is C23H29NO5. The molecule has 6 nitrogen and oxygen atoms in total. The Morgan fingerprint density at radius 1 is 1.28 bits per heavy atom. The van der Waals surface area contributed by atoms with Gasteiger partial charge in [0.15, 0.2) is 5.78 Å². The molecule has 156 valence electrons. The van der Waals surface area contributed by atoms with Crippen LogP contribution in [-0.4, -0.2) is 31.2 Å². The second-order valence-corrected chi connectivity index (χ2v) is 7.70. The third-order valence-corrected chi connectivity index (χ3v) is 4.52. The first-order valence-corrected chi connectivity index (χ1v) is 9.74. The number of allylic oxidation sites excluding steroid dienone is 2. The monoisotopic (exact) mass is 399 g/mol. The summed E-state index contributed by atoms with van der Waals surface area (Å²) in [5.41, 5.74) is 0.821. The van der Waals surface area contributed by atoms with Crippen molar-refractivity contribution in [1.82, 2.24) is 0 Å². The lowest BCUT2D eigenvalue weighted by molar-refractivity contribution is -0.118. The van der Waals surface area contributed by atoms with Gasteiger partial charge in [0.05, 0.1) is 18.4 Å².